The van der Waals surface area contributed by atoms with Crippen LogP contribution in [0.25, 0.3) is 0 Å². The van der Waals surface area contributed by atoms with Gasteiger partial charge in [0.1, 0.15) is 11.4 Å². The fourth-order valence-corrected chi connectivity index (χ4v) is 2.69. The van der Waals surface area contributed by atoms with Crippen LogP contribution in [-0.2, 0) is 22.6 Å². The first kappa shape index (κ1) is 21.1. The summed E-state index contributed by atoms with van der Waals surface area (Å²) < 4.78 is 8.11. The van der Waals surface area contributed by atoms with Gasteiger partial charge in [0.05, 0.1) is 23.3 Å². The molecule has 0 spiro atoms. The lowest BCUT2D eigenvalue weighted by molar-refractivity contribution is -0.386. The molecule has 0 atom stereocenters. The number of amides is 1. The maximum absolute atomic E-state index is 12.3. The Kier molecular flexibility index (Phi) is 6.49. The normalized spacial score (nSPS) is 10.9. The van der Waals surface area contributed by atoms with Crippen LogP contribution in [0.15, 0.2) is 6.20 Å². The van der Waals surface area contributed by atoms with Crippen molar-refractivity contribution in [3.05, 3.63) is 33.4 Å². The minimum Gasteiger partial charge on any atom is -0.458 e. The van der Waals surface area contributed by atoms with Gasteiger partial charge in [-0.15, -0.1) is 0 Å². The molecular weight excluding hydrogens is 368 g/mol. The second kappa shape index (κ2) is 8.63. The Morgan fingerprint density at radius 3 is 2.54 bits per heavy atom. The first-order valence-electron chi connectivity index (χ1n) is 8.90. The maximum Gasteiger partial charge on any atom is 0.361 e. The quantitative estimate of drug-likeness (QED) is 0.413. The second-order valence-electron chi connectivity index (χ2n) is 6.50. The average molecular weight is 392 g/mol. The van der Waals surface area contributed by atoms with Gasteiger partial charge in [-0.1, -0.05) is 0 Å². The van der Waals surface area contributed by atoms with Gasteiger partial charge in [-0.25, -0.2) is 4.79 Å². The summed E-state index contributed by atoms with van der Waals surface area (Å²) in [4.78, 5) is 35.1. The van der Waals surface area contributed by atoms with Gasteiger partial charge in [0.25, 0.3) is 0 Å². The van der Waals surface area contributed by atoms with Gasteiger partial charge in [-0.05, 0) is 34.6 Å². The molecule has 1 amide bonds. The van der Waals surface area contributed by atoms with E-state index in [2.05, 4.69) is 15.5 Å². The third kappa shape index (κ3) is 4.72. The van der Waals surface area contributed by atoms with Crippen LogP contribution in [0, 0.1) is 24.0 Å². The summed E-state index contributed by atoms with van der Waals surface area (Å²) in [5.74, 6) is -0.990. The summed E-state index contributed by atoms with van der Waals surface area (Å²) in [6, 6.07) is 0. The van der Waals surface area contributed by atoms with Gasteiger partial charge in [0.2, 0.25) is 5.91 Å². The summed E-state index contributed by atoms with van der Waals surface area (Å²) in [5.41, 5.74) is 0.923. The maximum atomic E-state index is 12.3. The second-order valence-corrected chi connectivity index (χ2v) is 6.50. The molecule has 11 heteroatoms. The number of nitrogens with zero attached hydrogens (tertiary/aromatic N) is 5. The molecule has 28 heavy (non-hydrogen) atoms. The van der Waals surface area contributed by atoms with Crippen molar-refractivity contribution < 1.29 is 19.2 Å². The van der Waals surface area contributed by atoms with E-state index in [-0.39, 0.29) is 42.0 Å². The fourth-order valence-electron chi connectivity index (χ4n) is 2.69. The molecule has 0 unspecified atom stereocenters. The van der Waals surface area contributed by atoms with Crippen molar-refractivity contribution in [3.63, 3.8) is 0 Å². The number of nitrogens with one attached hydrogen (secondary N) is 1. The van der Waals surface area contributed by atoms with Crippen LogP contribution >= 0.6 is 0 Å². The SMILES string of the molecule is CCn1cc(NC(=O)CCn2nc(C)c([N+](=O)[O-])c2C)c(C(=O)OC(C)C)n1. The number of rotatable bonds is 8. The van der Waals surface area contributed by atoms with Crippen LogP contribution in [0.2, 0.25) is 0 Å². The van der Waals surface area contributed by atoms with Crippen molar-refractivity contribution >= 4 is 23.3 Å². The molecule has 1 N–H and O–H groups in total. The van der Waals surface area contributed by atoms with E-state index in [1.54, 1.807) is 33.9 Å². The highest BCUT2D eigenvalue weighted by Gasteiger charge is 2.23. The molecule has 0 saturated heterocycles. The van der Waals surface area contributed by atoms with Crippen LogP contribution in [0.5, 0.6) is 0 Å². The van der Waals surface area contributed by atoms with E-state index in [1.165, 1.54) is 9.36 Å². The first-order chi connectivity index (χ1) is 13.1. The lowest BCUT2D eigenvalue weighted by Gasteiger charge is -2.08. The Balaban J connectivity index is 2.09. The Labute approximate surface area is 161 Å². The van der Waals surface area contributed by atoms with E-state index < -0.39 is 10.9 Å². The van der Waals surface area contributed by atoms with Crippen molar-refractivity contribution in [2.24, 2.45) is 0 Å². The molecule has 0 aliphatic rings. The molecule has 2 aromatic heterocycles. The van der Waals surface area contributed by atoms with Gasteiger partial charge >= 0.3 is 11.7 Å². The van der Waals surface area contributed by atoms with Crippen LogP contribution < -0.4 is 5.32 Å². The summed E-state index contributed by atoms with van der Waals surface area (Å²) >= 11 is 0. The summed E-state index contributed by atoms with van der Waals surface area (Å²) in [5, 5.41) is 22.0. The predicted octanol–water partition coefficient (Wildman–Crippen LogP) is 2.22. The lowest BCUT2D eigenvalue weighted by Crippen LogP contribution is -2.18. The molecule has 2 rings (SSSR count). The molecule has 152 valence electrons. The van der Waals surface area contributed by atoms with Crippen LogP contribution in [0.3, 0.4) is 0 Å². The molecule has 11 nitrogen and oxygen atoms in total. The fraction of sp³-hybridized carbons (Fsp3) is 0.529. The zero-order valence-electron chi connectivity index (χ0n) is 16.6. The number of hydrogen-bond donors (Lipinski definition) is 1. The van der Waals surface area contributed by atoms with Crippen LogP contribution in [-0.4, -0.2) is 42.5 Å². The van der Waals surface area contributed by atoms with E-state index >= 15 is 0 Å². The molecule has 0 aliphatic heterocycles. The average Bonchev–Trinajstić information content (AvgIpc) is 3.12. The van der Waals surface area contributed by atoms with Gasteiger partial charge in [0.15, 0.2) is 5.69 Å². The van der Waals surface area contributed by atoms with Crippen molar-refractivity contribution in [3.8, 4) is 0 Å². The predicted molar refractivity (Wildman–Crippen MR) is 100 cm³/mol. The number of aromatic nitrogens is 4. The zero-order valence-corrected chi connectivity index (χ0v) is 16.6. The zero-order chi connectivity index (χ0) is 21.0. The lowest BCUT2D eigenvalue weighted by atomic mass is 10.3. The number of ether oxygens (including phenoxy) is 1. The Hall–Kier alpha value is -3.24. The largest absolute Gasteiger partial charge is 0.458 e. The Morgan fingerprint density at radius 1 is 1.32 bits per heavy atom. The molecule has 0 bridgehead atoms. The van der Waals surface area contributed by atoms with Crippen LogP contribution in [0.1, 0.15) is 49.1 Å². The van der Waals surface area contributed by atoms with E-state index in [0.717, 1.165) is 0 Å². The van der Waals surface area contributed by atoms with Crippen molar-refractivity contribution in [2.45, 2.75) is 60.2 Å². The van der Waals surface area contributed by atoms with Gasteiger partial charge in [-0.2, -0.15) is 10.2 Å². The molecule has 2 aromatic rings. The highest BCUT2D eigenvalue weighted by Crippen LogP contribution is 2.22. The Bertz CT molecular complexity index is 898. The molecule has 0 aliphatic carbocycles. The van der Waals surface area contributed by atoms with Gasteiger partial charge in [0, 0.05) is 19.2 Å². The van der Waals surface area contributed by atoms with Gasteiger partial charge < -0.3 is 10.1 Å². The van der Waals surface area contributed by atoms with Crippen LogP contribution in [0.4, 0.5) is 11.4 Å². The number of hydrogen-bond acceptors (Lipinski definition) is 7. The minimum absolute atomic E-state index is 0.0229. The third-order valence-electron chi connectivity index (χ3n) is 3.97. The monoisotopic (exact) mass is 392 g/mol. The van der Waals surface area contributed by atoms with E-state index in [4.69, 9.17) is 4.74 Å². The molecular formula is C17H24N6O5. The number of nitro groups is 1. The summed E-state index contributed by atoms with van der Waals surface area (Å²) in [7, 11) is 0. The van der Waals surface area contributed by atoms with Crippen molar-refractivity contribution in [1.29, 1.82) is 0 Å². The summed E-state index contributed by atoms with van der Waals surface area (Å²) in [6.07, 6.45) is 1.27. The number of carbonyl (C=O) groups is 2. The topological polar surface area (TPSA) is 134 Å². The molecule has 0 aromatic carbocycles. The first-order valence-corrected chi connectivity index (χ1v) is 8.90. The number of carbonyl (C=O) groups excluding carboxylic acids is 2. The third-order valence-corrected chi connectivity index (χ3v) is 3.97. The highest BCUT2D eigenvalue weighted by atomic mass is 16.6. The van der Waals surface area contributed by atoms with E-state index in [9.17, 15) is 19.7 Å². The highest BCUT2D eigenvalue weighted by molar-refractivity contribution is 5.99. The molecule has 2 heterocycles. The number of esters is 1. The standard InChI is InChI=1S/C17H24N6O5/c1-6-21-9-13(15(20-21)17(25)28-10(2)3)18-14(24)7-8-22-12(5)16(23(26)27)11(4)19-22/h9-10H,6-8H2,1-5H3,(H,18,24). The smallest absolute Gasteiger partial charge is 0.361 e. The summed E-state index contributed by atoms with van der Waals surface area (Å²) in [6.45, 7) is 9.12. The van der Waals surface area contributed by atoms with E-state index in [0.29, 0.717) is 17.9 Å². The molecule has 0 radical (unpaired) electrons. The number of aryl methyl sites for hydroxylation is 3. The Morgan fingerprint density at radius 2 is 2.00 bits per heavy atom. The van der Waals surface area contributed by atoms with Crippen molar-refractivity contribution in [1.82, 2.24) is 19.6 Å². The minimum atomic E-state index is -0.619. The molecule has 0 saturated carbocycles. The molecule has 0 fully saturated rings. The number of anilines is 1. The van der Waals surface area contributed by atoms with E-state index in [1.807, 2.05) is 6.92 Å². The van der Waals surface area contributed by atoms with Gasteiger partial charge in [-0.3, -0.25) is 24.3 Å². The van der Waals surface area contributed by atoms with Crippen molar-refractivity contribution in [2.75, 3.05) is 5.32 Å².